The molecule has 3 rings (SSSR count). The summed E-state index contributed by atoms with van der Waals surface area (Å²) in [6, 6.07) is 7.18. The number of benzene rings is 1. The summed E-state index contributed by atoms with van der Waals surface area (Å²) in [7, 11) is 1.62. The van der Waals surface area contributed by atoms with Crippen LogP contribution in [0.4, 0.5) is 5.00 Å². The molecule has 0 saturated carbocycles. The van der Waals surface area contributed by atoms with Gasteiger partial charge in [0.1, 0.15) is 5.00 Å². The van der Waals surface area contributed by atoms with Crippen molar-refractivity contribution in [2.75, 3.05) is 12.4 Å². The first-order chi connectivity index (χ1) is 11.5. The van der Waals surface area contributed by atoms with E-state index in [1.807, 2.05) is 12.1 Å². The molecule has 1 unspecified atom stereocenters. The Labute approximate surface area is 153 Å². The Bertz CT molecular complexity index is 783. The number of amides is 2. The summed E-state index contributed by atoms with van der Waals surface area (Å²) in [5, 5.41) is 6.29. The minimum absolute atomic E-state index is 0.131. The van der Waals surface area contributed by atoms with Crippen molar-refractivity contribution in [1.29, 1.82) is 0 Å². The highest BCUT2D eigenvalue weighted by molar-refractivity contribution is 9.10. The van der Waals surface area contributed by atoms with Gasteiger partial charge in [0.15, 0.2) is 0 Å². The predicted octanol–water partition coefficient (Wildman–Crippen LogP) is 4.25. The van der Waals surface area contributed by atoms with E-state index in [4.69, 9.17) is 0 Å². The number of carbonyl (C=O) groups is 2. The zero-order valence-corrected chi connectivity index (χ0v) is 16.0. The molecular weight excluding hydrogens is 388 g/mol. The number of rotatable bonds is 3. The highest BCUT2D eigenvalue weighted by atomic mass is 79.9. The van der Waals surface area contributed by atoms with E-state index in [2.05, 4.69) is 33.5 Å². The summed E-state index contributed by atoms with van der Waals surface area (Å²) >= 11 is 4.90. The molecule has 2 N–H and O–H groups in total. The summed E-state index contributed by atoms with van der Waals surface area (Å²) in [6.45, 7) is 2.22. The molecule has 126 valence electrons. The molecule has 1 aliphatic rings. The van der Waals surface area contributed by atoms with Gasteiger partial charge in [-0.3, -0.25) is 9.59 Å². The molecule has 1 atom stereocenters. The second-order valence-corrected chi connectivity index (χ2v) is 8.12. The quantitative estimate of drug-likeness (QED) is 0.800. The Kier molecular flexibility index (Phi) is 5.06. The molecule has 1 heterocycles. The monoisotopic (exact) mass is 406 g/mol. The number of thiophene rings is 1. The van der Waals surface area contributed by atoms with E-state index in [1.165, 1.54) is 16.2 Å². The van der Waals surface area contributed by atoms with Crippen LogP contribution in [0.5, 0.6) is 0 Å². The van der Waals surface area contributed by atoms with Gasteiger partial charge in [-0.25, -0.2) is 0 Å². The van der Waals surface area contributed by atoms with Gasteiger partial charge in [0.2, 0.25) is 0 Å². The van der Waals surface area contributed by atoms with Gasteiger partial charge in [-0.05, 0) is 55.0 Å². The molecule has 24 heavy (non-hydrogen) atoms. The van der Waals surface area contributed by atoms with E-state index in [0.717, 1.165) is 29.3 Å². The fourth-order valence-electron chi connectivity index (χ4n) is 2.98. The maximum Gasteiger partial charge on any atom is 0.256 e. The van der Waals surface area contributed by atoms with Crippen molar-refractivity contribution in [2.45, 2.75) is 26.2 Å². The summed E-state index contributed by atoms with van der Waals surface area (Å²) in [5.41, 5.74) is 2.30. The largest absolute Gasteiger partial charge is 0.355 e. The number of halogens is 1. The van der Waals surface area contributed by atoms with Crippen LogP contribution >= 0.6 is 27.3 Å². The molecular formula is C18H19BrN2O2S. The molecule has 1 aromatic heterocycles. The van der Waals surface area contributed by atoms with Crippen LogP contribution in [0.15, 0.2) is 28.7 Å². The zero-order valence-electron chi connectivity index (χ0n) is 13.6. The van der Waals surface area contributed by atoms with Gasteiger partial charge in [-0.2, -0.15) is 0 Å². The number of nitrogens with one attached hydrogen (secondary N) is 2. The lowest BCUT2D eigenvalue weighted by Gasteiger charge is -2.18. The van der Waals surface area contributed by atoms with Gasteiger partial charge in [-0.15, -0.1) is 11.3 Å². The number of anilines is 1. The summed E-state index contributed by atoms with van der Waals surface area (Å²) in [4.78, 5) is 26.1. The van der Waals surface area contributed by atoms with E-state index in [1.54, 1.807) is 19.2 Å². The van der Waals surface area contributed by atoms with Crippen LogP contribution in [0.25, 0.3) is 0 Å². The van der Waals surface area contributed by atoms with Crippen LogP contribution in [-0.4, -0.2) is 18.9 Å². The Morgan fingerprint density at radius 2 is 1.92 bits per heavy atom. The van der Waals surface area contributed by atoms with Crippen molar-refractivity contribution in [3.63, 3.8) is 0 Å². The van der Waals surface area contributed by atoms with Gasteiger partial charge in [0, 0.05) is 22.0 Å². The van der Waals surface area contributed by atoms with E-state index < -0.39 is 0 Å². The number of hydrogen-bond donors (Lipinski definition) is 2. The van der Waals surface area contributed by atoms with E-state index in [-0.39, 0.29) is 11.8 Å². The van der Waals surface area contributed by atoms with Gasteiger partial charge < -0.3 is 10.6 Å². The standard InChI is InChI=1S/C18H19BrN2O2S/c1-10-3-8-13-14(9-10)24-18(15(13)17(23)20-2)21-16(22)11-4-6-12(19)7-5-11/h4-7,10H,3,8-9H2,1-2H3,(H,20,23)(H,21,22). The van der Waals surface area contributed by atoms with E-state index in [9.17, 15) is 9.59 Å². The maximum absolute atomic E-state index is 12.5. The first-order valence-electron chi connectivity index (χ1n) is 7.93. The first-order valence-corrected chi connectivity index (χ1v) is 9.54. The number of hydrogen-bond acceptors (Lipinski definition) is 3. The molecule has 1 aromatic carbocycles. The van der Waals surface area contributed by atoms with E-state index >= 15 is 0 Å². The Morgan fingerprint density at radius 3 is 2.58 bits per heavy atom. The third kappa shape index (κ3) is 3.39. The van der Waals surface area contributed by atoms with Crippen molar-refractivity contribution in [3.8, 4) is 0 Å². The number of fused-ring (bicyclic) bond motifs is 1. The van der Waals surface area contributed by atoms with Gasteiger partial charge in [0.25, 0.3) is 11.8 Å². The van der Waals surface area contributed by atoms with Gasteiger partial charge >= 0.3 is 0 Å². The molecule has 0 bridgehead atoms. The summed E-state index contributed by atoms with van der Waals surface area (Å²) in [5.74, 6) is 0.288. The van der Waals surface area contributed by atoms with Crippen LogP contribution in [0.2, 0.25) is 0 Å². The first kappa shape index (κ1) is 17.2. The SMILES string of the molecule is CNC(=O)c1c(NC(=O)c2ccc(Br)cc2)sc2c1CCC(C)C2. The Balaban J connectivity index is 1.93. The maximum atomic E-state index is 12.5. The molecule has 0 saturated heterocycles. The topological polar surface area (TPSA) is 58.2 Å². The van der Waals surface area contributed by atoms with Crippen molar-refractivity contribution in [2.24, 2.45) is 5.92 Å². The second-order valence-electron chi connectivity index (χ2n) is 6.10. The van der Waals surface area contributed by atoms with Gasteiger partial charge in [-0.1, -0.05) is 22.9 Å². The minimum atomic E-state index is -0.195. The molecule has 6 heteroatoms. The molecule has 2 aromatic rings. The van der Waals surface area contributed by atoms with Crippen LogP contribution in [0.3, 0.4) is 0 Å². The van der Waals surface area contributed by atoms with E-state index in [0.29, 0.717) is 22.0 Å². The lowest BCUT2D eigenvalue weighted by molar-refractivity contribution is 0.0963. The molecule has 0 spiro atoms. The normalized spacial score (nSPS) is 16.4. The van der Waals surface area contributed by atoms with Gasteiger partial charge in [0.05, 0.1) is 5.56 Å². The average Bonchev–Trinajstić information content (AvgIpc) is 2.91. The lowest BCUT2D eigenvalue weighted by Crippen LogP contribution is -2.22. The van der Waals surface area contributed by atoms with Crippen LogP contribution < -0.4 is 10.6 Å². The molecule has 1 aliphatic carbocycles. The highest BCUT2D eigenvalue weighted by Gasteiger charge is 2.28. The second kappa shape index (κ2) is 7.07. The van der Waals surface area contributed by atoms with Crippen LogP contribution in [0.1, 0.15) is 44.5 Å². The number of carbonyl (C=O) groups excluding carboxylic acids is 2. The minimum Gasteiger partial charge on any atom is -0.355 e. The average molecular weight is 407 g/mol. The third-order valence-electron chi connectivity index (χ3n) is 4.30. The molecule has 0 radical (unpaired) electrons. The third-order valence-corrected chi connectivity index (χ3v) is 6.00. The summed E-state index contributed by atoms with van der Waals surface area (Å²) in [6.07, 6.45) is 2.94. The molecule has 2 amide bonds. The predicted molar refractivity (Wildman–Crippen MR) is 101 cm³/mol. The molecule has 0 fully saturated rings. The highest BCUT2D eigenvalue weighted by Crippen LogP contribution is 2.39. The zero-order chi connectivity index (χ0) is 17.3. The molecule has 0 aliphatic heterocycles. The van der Waals surface area contributed by atoms with Crippen LogP contribution in [-0.2, 0) is 12.8 Å². The van der Waals surface area contributed by atoms with Crippen molar-refractivity contribution in [3.05, 3.63) is 50.3 Å². The van der Waals surface area contributed by atoms with Crippen molar-refractivity contribution in [1.82, 2.24) is 5.32 Å². The molecule has 4 nitrogen and oxygen atoms in total. The summed E-state index contributed by atoms with van der Waals surface area (Å²) < 4.78 is 0.922. The lowest BCUT2D eigenvalue weighted by atomic mass is 9.88. The fourth-order valence-corrected chi connectivity index (χ4v) is 4.65. The fraction of sp³-hybridized carbons (Fsp3) is 0.333. The Hall–Kier alpha value is -1.66. The van der Waals surface area contributed by atoms with Crippen LogP contribution in [0, 0.1) is 5.92 Å². The Morgan fingerprint density at radius 1 is 1.21 bits per heavy atom. The van der Waals surface area contributed by atoms with Crippen molar-refractivity contribution < 1.29 is 9.59 Å². The smallest absolute Gasteiger partial charge is 0.256 e. The van der Waals surface area contributed by atoms with Crippen molar-refractivity contribution >= 4 is 44.1 Å².